The average Bonchev–Trinajstić information content (AvgIpc) is 3.22. The molecule has 2 N–H and O–H groups in total. The van der Waals surface area contributed by atoms with Gasteiger partial charge < -0.3 is 5.73 Å². The predicted octanol–water partition coefficient (Wildman–Crippen LogP) is 4.20. The summed E-state index contributed by atoms with van der Waals surface area (Å²) < 4.78 is 1.06. The fraction of sp³-hybridized carbons (Fsp3) is 0.294. The van der Waals surface area contributed by atoms with Crippen molar-refractivity contribution in [3.63, 3.8) is 0 Å². The van der Waals surface area contributed by atoms with Gasteiger partial charge in [0.1, 0.15) is 0 Å². The molecule has 0 spiro atoms. The number of nitrogens with zero attached hydrogens (tertiary/aromatic N) is 1. The van der Waals surface area contributed by atoms with E-state index in [9.17, 15) is 0 Å². The number of rotatable bonds is 5. The Hall–Kier alpha value is -1.32. The van der Waals surface area contributed by atoms with E-state index in [0.29, 0.717) is 0 Å². The van der Waals surface area contributed by atoms with Crippen molar-refractivity contribution in [3.8, 4) is 0 Å². The summed E-state index contributed by atoms with van der Waals surface area (Å²) in [5, 5.41) is 0. The smallest absolute Gasteiger partial charge is 0.0328 e. The SMILES string of the molecule is Nc1cc(Br)cc(CN(Cc2ccccc2)C2CC2)c1. The topological polar surface area (TPSA) is 29.3 Å². The lowest BCUT2D eigenvalue weighted by Gasteiger charge is -2.22. The molecule has 2 aromatic carbocycles. The summed E-state index contributed by atoms with van der Waals surface area (Å²) >= 11 is 3.52. The minimum atomic E-state index is 0.732. The summed E-state index contributed by atoms with van der Waals surface area (Å²) in [7, 11) is 0. The number of hydrogen-bond donors (Lipinski definition) is 1. The molecule has 20 heavy (non-hydrogen) atoms. The molecular formula is C17H19BrN2. The molecule has 1 saturated carbocycles. The van der Waals surface area contributed by atoms with Gasteiger partial charge in [-0.2, -0.15) is 0 Å². The van der Waals surface area contributed by atoms with Crippen LogP contribution in [0.5, 0.6) is 0 Å². The van der Waals surface area contributed by atoms with Crippen LogP contribution in [0, 0.1) is 0 Å². The second-order valence-corrected chi connectivity index (χ2v) is 6.43. The Labute approximate surface area is 128 Å². The first-order valence-corrected chi connectivity index (χ1v) is 7.83. The van der Waals surface area contributed by atoms with Crippen LogP contribution in [0.15, 0.2) is 53.0 Å². The third-order valence-corrected chi connectivity index (χ3v) is 4.12. The Morgan fingerprint density at radius 2 is 1.70 bits per heavy atom. The van der Waals surface area contributed by atoms with Crippen molar-refractivity contribution in [3.05, 3.63) is 64.1 Å². The lowest BCUT2D eigenvalue weighted by atomic mass is 10.1. The maximum Gasteiger partial charge on any atom is 0.0328 e. The molecule has 0 unspecified atom stereocenters. The number of anilines is 1. The quantitative estimate of drug-likeness (QED) is 0.832. The van der Waals surface area contributed by atoms with Crippen LogP contribution in [-0.2, 0) is 13.1 Å². The van der Waals surface area contributed by atoms with Crippen molar-refractivity contribution in [1.29, 1.82) is 0 Å². The van der Waals surface area contributed by atoms with E-state index in [1.807, 2.05) is 6.07 Å². The number of nitrogens with two attached hydrogens (primary N) is 1. The predicted molar refractivity (Wildman–Crippen MR) is 87.3 cm³/mol. The van der Waals surface area contributed by atoms with Crippen molar-refractivity contribution < 1.29 is 0 Å². The second kappa shape index (κ2) is 5.98. The molecule has 3 rings (SSSR count). The number of halogens is 1. The molecule has 2 nitrogen and oxygen atoms in total. The van der Waals surface area contributed by atoms with Crippen LogP contribution < -0.4 is 5.73 Å². The minimum absolute atomic E-state index is 0.732. The fourth-order valence-corrected chi connectivity index (χ4v) is 3.13. The van der Waals surface area contributed by atoms with Crippen molar-refractivity contribution in [2.24, 2.45) is 0 Å². The summed E-state index contributed by atoms with van der Waals surface area (Å²) in [5.74, 6) is 0. The van der Waals surface area contributed by atoms with Gasteiger partial charge in [0, 0.05) is 29.3 Å². The molecule has 1 fully saturated rings. The zero-order valence-electron chi connectivity index (χ0n) is 11.4. The van der Waals surface area contributed by atoms with Gasteiger partial charge in [0.05, 0.1) is 0 Å². The van der Waals surface area contributed by atoms with Gasteiger partial charge in [-0.1, -0.05) is 46.3 Å². The first-order chi connectivity index (χ1) is 9.70. The largest absolute Gasteiger partial charge is 0.399 e. The molecule has 2 aromatic rings. The lowest BCUT2D eigenvalue weighted by Crippen LogP contribution is -2.25. The molecule has 0 radical (unpaired) electrons. The van der Waals surface area contributed by atoms with Crippen LogP contribution in [0.3, 0.4) is 0 Å². The summed E-state index contributed by atoms with van der Waals surface area (Å²) in [6.45, 7) is 1.97. The molecule has 0 amide bonds. The van der Waals surface area contributed by atoms with Gasteiger partial charge in [-0.3, -0.25) is 4.90 Å². The zero-order chi connectivity index (χ0) is 13.9. The van der Waals surface area contributed by atoms with E-state index in [2.05, 4.69) is 63.3 Å². The van der Waals surface area contributed by atoms with E-state index in [0.717, 1.165) is 29.3 Å². The third kappa shape index (κ3) is 3.62. The normalized spacial score (nSPS) is 14.7. The maximum absolute atomic E-state index is 5.93. The molecule has 104 valence electrons. The summed E-state index contributed by atoms with van der Waals surface area (Å²) in [6.07, 6.45) is 2.63. The van der Waals surface area contributed by atoms with Crippen molar-refractivity contribution >= 4 is 21.6 Å². The molecule has 3 heteroatoms. The highest BCUT2D eigenvalue weighted by atomic mass is 79.9. The summed E-state index contributed by atoms with van der Waals surface area (Å²) in [5.41, 5.74) is 9.41. The molecule has 0 saturated heterocycles. The van der Waals surface area contributed by atoms with Crippen LogP contribution in [0.4, 0.5) is 5.69 Å². The number of benzene rings is 2. The van der Waals surface area contributed by atoms with E-state index in [1.54, 1.807) is 0 Å². The summed E-state index contributed by atoms with van der Waals surface area (Å²) in [4.78, 5) is 2.55. The van der Waals surface area contributed by atoms with Gasteiger partial charge in [-0.05, 0) is 42.2 Å². The van der Waals surface area contributed by atoms with Gasteiger partial charge in [0.15, 0.2) is 0 Å². The zero-order valence-corrected chi connectivity index (χ0v) is 13.0. The molecule has 0 aliphatic heterocycles. The van der Waals surface area contributed by atoms with Gasteiger partial charge in [0.25, 0.3) is 0 Å². The highest BCUT2D eigenvalue weighted by molar-refractivity contribution is 9.10. The molecule has 0 atom stereocenters. The maximum atomic E-state index is 5.93. The third-order valence-electron chi connectivity index (χ3n) is 3.66. The monoisotopic (exact) mass is 330 g/mol. The van der Waals surface area contributed by atoms with Gasteiger partial charge in [-0.15, -0.1) is 0 Å². The highest BCUT2D eigenvalue weighted by Gasteiger charge is 2.28. The standard InChI is InChI=1S/C17H19BrN2/c18-15-8-14(9-16(19)10-15)12-20(17-6-7-17)11-13-4-2-1-3-5-13/h1-5,8-10,17H,6-7,11-12,19H2. The van der Waals surface area contributed by atoms with E-state index in [4.69, 9.17) is 5.73 Å². The van der Waals surface area contributed by atoms with Gasteiger partial charge in [-0.25, -0.2) is 0 Å². The fourth-order valence-electron chi connectivity index (χ4n) is 2.57. The van der Waals surface area contributed by atoms with Crippen molar-refractivity contribution in [2.75, 3.05) is 5.73 Å². The van der Waals surface area contributed by atoms with Crippen LogP contribution in [-0.4, -0.2) is 10.9 Å². The lowest BCUT2D eigenvalue weighted by molar-refractivity contribution is 0.246. The molecular weight excluding hydrogens is 312 g/mol. The molecule has 1 aliphatic carbocycles. The Bertz CT molecular complexity index is 559. The van der Waals surface area contributed by atoms with Gasteiger partial charge >= 0.3 is 0 Å². The van der Waals surface area contributed by atoms with Crippen molar-refractivity contribution in [1.82, 2.24) is 4.90 Å². The molecule has 0 heterocycles. The number of nitrogen functional groups attached to an aromatic ring is 1. The van der Waals surface area contributed by atoms with Crippen LogP contribution in [0.2, 0.25) is 0 Å². The van der Waals surface area contributed by atoms with E-state index >= 15 is 0 Å². The first-order valence-electron chi connectivity index (χ1n) is 7.03. The Kier molecular flexibility index (Phi) is 4.08. The molecule has 0 aromatic heterocycles. The molecule has 1 aliphatic rings. The van der Waals surface area contributed by atoms with Crippen molar-refractivity contribution in [2.45, 2.75) is 32.0 Å². The highest BCUT2D eigenvalue weighted by Crippen LogP contribution is 2.30. The second-order valence-electron chi connectivity index (χ2n) is 5.51. The Balaban J connectivity index is 1.74. The van der Waals surface area contributed by atoms with Crippen LogP contribution in [0.25, 0.3) is 0 Å². The van der Waals surface area contributed by atoms with Crippen LogP contribution in [0.1, 0.15) is 24.0 Å². The number of hydrogen-bond acceptors (Lipinski definition) is 2. The molecule has 0 bridgehead atoms. The van der Waals surface area contributed by atoms with Crippen LogP contribution >= 0.6 is 15.9 Å². The first kappa shape index (κ1) is 13.7. The summed E-state index contributed by atoms with van der Waals surface area (Å²) in [6, 6.07) is 17.6. The Morgan fingerprint density at radius 1 is 1.00 bits per heavy atom. The minimum Gasteiger partial charge on any atom is -0.399 e. The van der Waals surface area contributed by atoms with Gasteiger partial charge in [0.2, 0.25) is 0 Å². The average molecular weight is 331 g/mol. The van der Waals surface area contributed by atoms with E-state index in [-0.39, 0.29) is 0 Å². The Morgan fingerprint density at radius 3 is 2.35 bits per heavy atom. The van der Waals surface area contributed by atoms with E-state index in [1.165, 1.54) is 24.0 Å². The van der Waals surface area contributed by atoms with E-state index < -0.39 is 0 Å².